The lowest BCUT2D eigenvalue weighted by atomic mass is 10.0. The van der Waals surface area contributed by atoms with Crippen molar-refractivity contribution in [1.29, 1.82) is 0 Å². The van der Waals surface area contributed by atoms with Gasteiger partial charge in [-0.15, -0.1) is 0 Å². The van der Waals surface area contributed by atoms with Gasteiger partial charge in [-0.05, 0) is 12.8 Å². The van der Waals surface area contributed by atoms with Crippen LogP contribution >= 0.6 is 0 Å². The van der Waals surface area contributed by atoms with Gasteiger partial charge in [0.05, 0.1) is 18.8 Å². The molecule has 0 rings (SSSR count). The zero-order valence-corrected chi connectivity index (χ0v) is 36.6. The van der Waals surface area contributed by atoms with Crippen LogP contribution < -0.4 is 5.32 Å². The predicted octanol–water partition coefficient (Wildman–Crippen LogP) is 15.6. The molecular formula is C49H99NO3. The third-order valence-electron chi connectivity index (χ3n) is 11.9. The molecule has 318 valence electrons. The third kappa shape index (κ3) is 42.4. The van der Waals surface area contributed by atoms with E-state index in [9.17, 15) is 15.0 Å². The number of carbonyl (C=O) groups is 1. The van der Waals surface area contributed by atoms with Gasteiger partial charge in [0.15, 0.2) is 0 Å². The minimum absolute atomic E-state index is 0.0263. The third-order valence-corrected chi connectivity index (χ3v) is 11.9. The van der Waals surface area contributed by atoms with Crippen molar-refractivity contribution in [1.82, 2.24) is 5.32 Å². The molecule has 0 aliphatic rings. The molecule has 0 aliphatic carbocycles. The summed E-state index contributed by atoms with van der Waals surface area (Å²) < 4.78 is 0. The number of nitrogens with one attached hydrogen (secondary N) is 1. The zero-order valence-electron chi connectivity index (χ0n) is 36.6. The van der Waals surface area contributed by atoms with Crippen molar-refractivity contribution in [2.24, 2.45) is 0 Å². The molecule has 0 aromatic rings. The Kier molecular flexibility index (Phi) is 45.3. The van der Waals surface area contributed by atoms with E-state index in [1.807, 2.05) is 0 Å². The SMILES string of the molecule is CCCCCCCCCCCCCCCCCCCCCCCCCCCCCCCCCC(=O)N[C@@H](CO)[C@H](O)CCCCCCCCCCCC. The van der Waals surface area contributed by atoms with Crippen LogP contribution in [0.4, 0.5) is 0 Å². The van der Waals surface area contributed by atoms with Crippen molar-refractivity contribution in [3.05, 3.63) is 0 Å². The number of rotatable bonds is 46. The Morgan fingerprint density at radius 2 is 0.604 bits per heavy atom. The lowest BCUT2D eigenvalue weighted by molar-refractivity contribution is -0.123. The summed E-state index contributed by atoms with van der Waals surface area (Å²) in [6.45, 7) is 4.37. The van der Waals surface area contributed by atoms with Gasteiger partial charge in [0.25, 0.3) is 0 Å². The highest BCUT2D eigenvalue weighted by Crippen LogP contribution is 2.18. The summed E-state index contributed by atoms with van der Waals surface area (Å²) in [6.07, 6.45) is 56.5. The average Bonchev–Trinajstić information content (AvgIpc) is 3.16. The van der Waals surface area contributed by atoms with Crippen LogP contribution in [0.15, 0.2) is 0 Å². The van der Waals surface area contributed by atoms with Crippen LogP contribution in [-0.2, 0) is 4.79 Å². The Hall–Kier alpha value is -0.610. The minimum atomic E-state index is -0.652. The maximum Gasteiger partial charge on any atom is 0.220 e. The number of aliphatic hydroxyl groups is 2. The largest absolute Gasteiger partial charge is 0.394 e. The van der Waals surface area contributed by atoms with Crippen LogP contribution in [0, 0.1) is 0 Å². The van der Waals surface area contributed by atoms with Crippen molar-refractivity contribution in [3.8, 4) is 0 Å². The fraction of sp³-hybridized carbons (Fsp3) is 0.980. The summed E-state index contributed by atoms with van der Waals surface area (Å²) in [5.74, 6) is -0.0263. The molecule has 0 spiro atoms. The van der Waals surface area contributed by atoms with Crippen molar-refractivity contribution in [2.75, 3.05) is 6.61 Å². The molecule has 0 heterocycles. The quantitative estimate of drug-likeness (QED) is 0.0543. The van der Waals surface area contributed by atoms with Gasteiger partial charge < -0.3 is 15.5 Å². The summed E-state index contributed by atoms with van der Waals surface area (Å²) in [4.78, 5) is 12.4. The first-order valence-electron chi connectivity index (χ1n) is 24.7. The monoisotopic (exact) mass is 750 g/mol. The highest BCUT2D eigenvalue weighted by atomic mass is 16.3. The Morgan fingerprint density at radius 1 is 0.377 bits per heavy atom. The second-order valence-electron chi connectivity index (χ2n) is 17.3. The van der Waals surface area contributed by atoms with E-state index >= 15 is 0 Å². The van der Waals surface area contributed by atoms with E-state index in [2.05, 4.69) is 19.2 Å². The first-order chi connectivity index (χ1) is 26.2. The van der Waals surface area contributed by atoms with Crippen molar-refractivity contribution < 1.29 is 15.0 Å². The van der Waals surface area contributed by atoms with E-state index in [0.717, 1.165) is 25.7 Å². The highest BCUT2D eigenvalue weighted by Gasteiger charge is 2.20. The Bertz CT molecular complexity index is 685. The topological polar surface area (TPSA) is 69.6 Å². The second kappa shape index (κ2) is 45.8. The summed E-state index contributed by atoms with van der Waals surface area (Å²) in [7, 11) is 0. The predicted molar refractivity (Wildman–Crippen MR) is 235 cm³/mol. The Morgan fingerprint density at radius 3 is 0.849 bits per heavy atom. The van der Waals surface area contributed by atoms with Crippen molar-refractivity contribution in [3.63, 3.8) is 0 Å². The Labute approximate surface area is 334 Å². The van der Waals surface area contributed by atoms with E-state index in [4.69, 9.17) is 0 Å². The highest BCUT2D eigenvalue weighted by molar-refractivity contribution is 5.76. The lowest BCUT2D eigenvalue weighted by Crippen LogP contribution is -2.45. The first-order valence-corrected chi connectivity index (χ1v) is 24.7. The number of hydrogen-bond acceptors (Lipinski definition) is 3. The zero-order chi connectivity index (χ0) is 38.6. The number of amides is 1. The van der Waals surface area contributed by atoms with Gasteiger partial charge in [0.1, 0.15) is 0 Å². The molecule has 0 aromatic heterocycles. The van der Waals surface area contributed by atoms with Gasteiger partial charge in [-0.1, -0.05) is 271 Å². The molecule has 53 heavy (non-hydrogen) atoms. The van der Waals surface area contributed by atoms with Crippen LogP contribution in [0.1, 0.15) is 290 Å². The molecule has 2 atom stereocenters. The molecule has 0 bridgehead atoms. The Balaban J connectivity index is 3.33. The van der Waals surface area contributed by atoms with Gasteiger partial charge in [-0.3, -0.25) is 4.79 Å². The maximum atomic E-state index is 12.4. The summed E-state index contributed by atoms with van der Waals surface area (Å²) in [5.41, 5.74) is 0. The fourth-order valence-corrected chi connectivity index (χ4v) is 8.07. The maximum absolute atomic E-state index is 12.4. The first kappa shape index (κ1) is 52.4. The standard InChI is InChI=1S/C49H99NO3/c1-3-5-7-9-11-13-15-16-17-18-19-20-21-22-23-24-25-26-27-28-29-30-31-32-33-34-35-37-39-41-43-45-49(53)50-47(46-51)48(52)44-42-40-38-36-14-12-10-8-6-4-2/h47-48,51-52H,3-46H2,1-2H3,(H,50,53)/t47-,48+/m0/s1. The molecule has 0 unspecified atom stereocenters. The molecule has 0 radical (unpaired) electrons. The molecule has 0 saturated carbocycles. The molecule has 1 amide bonds. The van der Waals surface area contributed by atoms with Crippen LogP contribution in [0.25, 0.3) is 0 Å². The summed E-state index contributed by atoms with van der Waals surface area (Å²) in [6, 6.07) is -0.528. The number of hydrogen-bond donors (Lipinski definition) is 3. The molecule has 0 aromatic carbocycles. The number of carbonyl (C=O) groups excluding carboxylic acids is 1. The van der Waals surface area contributed by atoms with Gasteiger partial charge in [-0.2, -0.15) is 0 Å². The molecule has 0 fully saturated rings. The van der Waals surface area contributed by atoms with Gasteiger partial charge in [-0.25, -0.2) is 0 Å². The van der Waals surface area contributed by atoms with E-state index < -0.39 is 12.1 Å². The van der Waals surface area contributed by atoms with Crippen LogP contribution in [0.3, 0.4) is 0 Å². The minimum Gasteiger partial charge on any atom is -0.394 e. The molecule has 3 N–H and O–H groups in total. The van der Waals surface area contributed by atoms with E-state index in [1.165, 1.54) is 238 Å². The fourth-order valence-electron chi connectivity index (χ4n) is 8.07. The molecule has 0 aliphatic heterocycles. The van der Waals surface area contributed by atoms with Crippen LogP contribution in [0.5, 0.6) is 0 Å². The second-order valence-corrected chi connectivity index (χ2v) is 17.3. The van der Waals surface area contributed by atoms with Gasteiger partial charge >= 0.3 is 0 Å². The lowest BCUT2D eigenvalue weighted by Gasteiger charge is -2.22. The molecular weight excluding hydrogens is 651 g/mol. The summed E-state index contributed by atoms with van der Waals surface area (Å²) in [5, 5.41) is 23.1. The smallest absolute Gasteiger partial charge is 0.220 e. The molecule has 0 saturated heterocycles. The number of aliphatic hydroxyl groups excluding tert-OH is 2. The van der Waals surface area contributed by atoms with Gasteiger partial charge in [0, 0.05) is 6.42 Å². The number of unbranched alkanes of at least 4 members (excludes halogenated alkanes) is 39. The molecule has 4 nitrogen and oxygen atoms in total. The van der Waals surface area contributed by atoms with E-state index in [0.29, 0.717) is 12.8 Å². The van der Waals surface area contributed by atoms with Gasteiger partial charge in [0.2, 0.25) is 5.91 Å². The van der Waals surface area contributed by atoms with Crippen molar-refractivity contribution in [2.45, 2.75) is 302 Å². The summed E-state index contributed by atoms with van der Waals surface area (Å²) >= 11 is 0. The molecule has 4 heteroatoms. The van der Waals surface area contributed by atoms with E-state index in [-0.39, 0.29) is 12.5 Å². The average molecular weight is 750 g/mol. The van der Waals surface area contributed by atoms with Crippen molar-refractivity contribution >= 4 is 5.91 Å². The van der Waals surface area contributed by atoms with Crippen LogP contribution in [-0.4, -0.2) is 34.9 Å². The van der Waals surface area contributed by atoms with E-state index in [1.54, 1.807) is 0 Å². The normalized spacial score (nSPS) is 12.8. The van der Waals surface area contributed by atoms with Crippen LogP contribution in [0.2, 0.25) is 0 Å².